The van der Waals surface area contributed by atoms with Crippen molar-refractivity contribution in [2.75, 3.05) is 0 Å². The second-order valence-electron chi connectivity index (χ2n) is 10.3. The van der Waals surface area contributed by atoms with Crippen LogP contribution in [-0.2, 0) is 55.6 Å². The van der Waals surface area contributed by atoms with Crippen LogP contribution in [0.5, 0.6) is 0 Å². The topological polar surface area (TPSA) is 165 Å². The molecule has 0 spiro atoms. The fourth-order valence-corrected chi connectivity index (χ4v) is 5.51. The summed E-state index contributed by atoms with van der Waals surface area (Å²) in [5, 5.41) is 27.9. The van der Waals surface area contributed by atoms with Gasteiger partial charge in [0.2, 0.25) is 0 Å². The molecule has 40 heavy (non-hydrogen) atoms. The molecule has 12 nitrogen and oxygen atoms in total. The predicted molar refractivity (Wildman–Crippen MR) is 141 cm³/mol. The average molecular weight is 596 g/mol. The number of aryl methyl sites for hydroxylation is 3. The number of fused-ring (bicyclic) bond motifs is 3. The van der Waals surface area contributed by atoms with Crippen LogP contribution < -0.4 is 17.1 Å². The van der Waals surface area contributed by atoms with Crippen molar-refractivity contribution >= 4 is 0 Å². The first kappa shape index (κ1) is 31.1. The fraction of sp³-hybridized carbons (Fsp3) is 0.556. The predicted octanol–water partition coefficient (Wildman–Crippen LogP) is 2.00. The van der Waals surface area contributed by atoms with Gasteiger partial charge < -0.3 is 15.6 Å². The zero-order valence-electron chi connectivity index (χ0n) is 23.1. The average Bonchev–Trinajstić information content (AvgIpc) is 2.94. The Morgan fingerprint density at radius 2 is 0.700 bits per heavy atom. The molecule has 215 valence electrons. The van der Waals surface area contributed by atoms with Crippen LogP contribution in [0.3, 0.4) is 0 Å². The van der Waals surface area contributed by atoms with E-state index in [4.69, 9.17) is 0 Å². The van der Waals surface area contributed by atoms with E-state index in [0.717, 1.165) is 111 Å². The summed E-state index contributed by atoms with van der Waals surface area (Å²) in [4.78, 5) is 44.8. The Kier molecular flexibility index (Phi) is 10.3. The van der Waals surface area contributed by atoms with E-state index < -0.39 is 17.1 Å². The molecule has 0 fully saturated rings. The number of hydrogen-bond donors (Lipinski definition) is 3. The van der Waals surface area contributed by atoms with E-state index in [-0.39, 0.29) is 17.1 Å². The molecule has 0 aromatic carbocycles. The molecule has 0 bridgehead atoms. The standard InChI is InChI=1S/3C9H12N2O2.Fe/c3*1-6-7-4-2-3-5-8(7)10-9(12)11(6)13;/h3*13H,2-5H2,1H3;/q;;;+3. The van der Waals surface area contributed by atoms with Crippen LogP contribution in [0.25, 0.3) is 0 Å². The maximum absolute atomic E-state index is 11.1. The SMILES string of the molecule is Cc1c2c(nc(=O)n1O)CCCC2.Cc1c2c(nc(=O)n1O)CCCC2.Cc1c2c(nc(=O)n1O)CCCC2.[Fe+3]. The Morgan fingerprint density at radius 1 is 0.475 bits per heavy atom. The Hall–Kier alpha value is -3.44. The van der Waals surface area contributed by atoms with Gasteiger partial charge in [-0.05, 0) is 115 Å². The van der Waals surface area contributed by atoms with Gasteiger partial charge in [-0.25, -0.2) is 14.4 Å². The first-order chi connectivity index (χ1) is 18.6. The molecule has 0 atom stereocenters. The van der Waals surface area contributed by atoms with Crippen LogP contribution in [0.2, 0.25) is 0 Å². The van der Waals surface area contributed by atoms with Gasteiger partial charge in [0.1, 0.15) is 0 Å². The molecule has 0 saturated heterocycles. The number of rotatable bonds is 0. The molecule has 3 N–H and O–H groups in total. The van der Waals surface area contributed by atoms with Crippen molar-refractivity contribution in [1.29, 1.82) is 0 Å². The number of nitrogens with zero attached hydrogens (tertiary/aromatic N) is 6. The summed E-state index contributed by atoms with van der Waals surface area (Å²) >= 11 is 0. The van der Waals surface area contributed by atoms with E-state index >= 15 is 0 Å². The molecule has 3 aromatic heterocycles. The Bertz CT molecular complexity index is 1380. The second-order valence-corrected chi connectivity index (χ2v) is 10.3. The first-order valence-corrected chi connectivity index (χ1v) is 13.5. The van der Waals surface area contributed by atoms with Gasteiger partial charge in [0.25, 0.3) is 0 Å². The summed E-state index contributed by atoms with van der Waals surface area (Å²) in [5.41, 5.74) is 6.04. The van der Waals surface area contributed by atoms with Gasteiger partial charge in [0.05, 0.1) is 34.2 Å². The first-order valence-electron chi connectivity index (χ1n) is 13.5. The summed E-state index contributed by atoms with van der Waals surface area (Å²) < 4.78 is 1.93. The third-order valence-electron chi connectivity index (χ3n) is 7.81. The van der Waals surface area contributed by atoms with Crippen LogP contribution in [-0.4, -0.2) is 44.8 Å². The molecule has 0 saturated carbocycles. The van der Waals surface area contributed by atoms with Crippen LogP contribution in [0, 0.1) is 20.8 Å². The van der Waals surface area contributed by atoms with Crippen LogP contribution in [0.1, 0.15) is 89.4 Å². The van der Waals surface area contributed by atoms with E-state index in [9.17, 15) is 30.0 Å². The van der Waals surface area contributed by atoms with Crippen LogP contribution >= 0.6 is 0 Å². The largest absolute Gasteiger partial charge is 3.00 e. The molecular weight excluding hydrogens is 560 g/mol. The molecule has 3 heterocycles. The Balaban J connectivity index is 0.000000163. The van der Waals surface area contributed by atoms with Crippen LogP contribution in [0.4, 0.5) is 0 Å². The van der Waals surface area contributed by atoms with Crippen molar-refractivity contribution in [2.24, 2.45) is 0 Å². The van der Waals surface area contributed by atoms with Gasteiger partial charge in [-0.1, -0.05) is 0 Å². The maximum atomic E-state index is 11.1. The molecule has 13 heteroatoms. The van der Waals surface area contributed by atoms with Gasteiger partial charge >= 0.3 is 34.1 Å². The summed E-state index contributed by atoms with van der Waals surface area (Å²) in [6.45, 7) is 5.27. The molecule has 3 aliphatic rings. The van der Waals surface area contributed by atoms with Crippen molar-refractivity contribution in [1.82, 2.24) is 29.1 Å². The fourth-order valence-electron chi connectivity index (χ4n) is 5.51. The van der Waals surface area contributed by atoms with Gasteiger partial charge in [0, 0.05) is 0 Å². The molecule has 6 rings (SSSR count). The molecule has 3 aliphatic carbocycles. The van der Waals surface area contributed by atoms with Crippen molar-refractivity contribution < 1.29 is 32.7 Å². The molecule has 1 radical (unpaired) electrons. The summed E-state index contributed by atoms with van der Waals surface area (Å²) in [6, 6.07) is 0. The van der Waals surface area contributed by atoms with E-state index in [1.54, 1.807) is 20.8 Å². The molecule has 0 amide bonds. The van der Waals surface area contributed by atoms with E-state index in [0.29, 0.717) is 31.3 Å². The van der Waals surface area contributed by atoms with E-state index in [2.05, 4.69) is 15.0 Å². The third kappa shape index (κ3) is 6.47. The Morgan fingerprint density at radius 3 is 0.950 bits per heavy atom. The summed E-state index contributed by atoms with van der Waals surface area (Å²) in [7, 11) is 0. The zero-order valence-corrected chi connectivity index (χ0v) is 24.2. The van der Waals surface area contributed by atoms with Gasteiger partial charge in [-0.3, -0.25) is 0 Å². The smallest absolute Gasteiger partial charge is 0.424 e. The van der Waals surface area contributed by atoms with Gasteiger partial charge in [-0.2, -0.15) is 15.0 Å². The Labute approximate surface area is 241 Å². The summed E-state index contributed by atoms with van der Waals surface area (Å²) in [5.74, 6) is 0. The van der Waals surface area contributed by atoms with Crippen molar-refractivity contribution in [3.63, 3.8) is 0 Å². The van der Waals surface area contributed by atoms with Gasteiger partial charge in [-0.15, -0.1) is 14.2 Å². The number of hydrogen-bond acceptors (Lipinski definition) is 9. The normalized spacial score (nSPS) is 15.1. The van der Waals surface area contributed by atoms with E-state index in [1.165, 1.54) is 0 Å². The maximum Gasteiger partial charge on any atom is 3.00 e. The zero-order chi connectivity index (χ0) is 28.3. The molecule has 3 aromatic rings. The van der Waals surface area contributed by atoms with E-state index in [1.807, 2.05) is 0 Å². The molecule has 0 aliphatic heterocycles. The van der Waals surface area contributed by atoms with Crippen molar-refractivity contribution in [2.45, 2.75) is 97.8 Å². The van der Waals surface area contributed by atoms with Crippen molar-refractivity contribution in [3.05, 3.63) is 82.3 Å². The monoisotopic (exact) mass is 596 g/mol. The molecular formula is C27H36FeN6O6+3. The minimum absolute atomic E-state index is 0. The summed E-state index contributed by atoms with van der Waals surface area (Å²) in [6.07, 6.45) is 12.0. The second kappa shape index (κ2) is 13.3. The molecule has 0 unspecified atom stereocenters. The minimum Gasteiger partial charge on any atom is -0.424 e. The van der Waals surface area contributed by atoms with Crippen LogP contribution in [0.15, 0.2) is 14.4 Å². The van der Waals surface area contributed by atoms with Gasteiger partial charge in [0.15, 0.2) is 0 Å². The third-order valence-corrected chi connectivity index (χ3v) is 7.81. The minimum atomic E-state index is -0.557. The quantitative estimate of drug-likeness (QED) is 0.260. The van der Waals surface area contributed by atoms with Crippen molar-refractivity contribution in [3.8, 4) is 0 Å². The number of aromatic nitrogens is 6.